The molecular formula is C17H20ClNO2. The van der Waals surface area contributed by atoms with Gasteiger partial charge in [-0.05, 0) is 37.2 Å². The van der Waals surface area contributed by atoms with Gasteiger partial charge in [0.25, 0.3) is 0 Å². The van der Waals surface area contributed by atoms with Gasteiger partial charge in [-0.3, -0.25) is 0 Å². The van der Waals surface area contributed by atoms with Gasteiger partial charge in [0.15, 0.2) is 0 Å². The van der Waals surface area contributed by atoms with E-state index in [-0.39, 0.29) is 0 Å². The third-order valence-electron chi connectivity index (χ3n) is 3.64. The largest absolute Gasteiger partial charge is 0.495 e. The molecule has 0 fully saturated rings. The lowest BCUT2D eigenvalue weighted by Crippen LogP contribution is -2.11. The molecule has 2 aromatic rings. The van der Waals surface area contributed by atoms with Gasteiger partial charge < -0.3 is 14.8 Å². The van der Waals surface area contributed by atoms with E-state index in [2.05, 4.69) is 36.5 Å². The van der Waals surface area contributed by atoms with Crippen molar-refractivity contribution in [1.82, 2.24) is 5.32 Å². The molecule has 0 aliphatic rings. The zero-order valence-corrected chi connectivity index (χ0v) is 13.5. The Hall–Kier alpha value is -1.71. The summed E-state index contributed by atoms with van der Waals surface area (Å²) >= 11 is 6.31. The molecule has 112 valence electrons. The highest BCUT2D eigenvalue weighted by atomic mass is 35.5. The van der Waals surface area contributed by atoms with Gasteiger partial charge in [-0.1, -0.05) is 35.9 Å². The van der Waals surface area contributed by atoms with Gasteiger partial charge in [0.1, 0.15) is 16.5 Å². The Morgan fingerprint density at radius 1 is 1.00 bits per heavy atom. The molecule has 1 atom stereocenters. The van der Waals surface area contributed by atoms with Crippen LogP contribution < -0.4 is 14.8 Å². The molecule has 0 radical (unpaired) electrons. The molecular weight excluding hydrogens is 286 g/mol. The fourth-order valence-corrected chi connectivity index (χ4v) is 2.56. The lowest BCUT2D eigenvalue weighted by atomic mass is 10.0. The minimum absolute atomic E-state index is 0.320. The van der Waals surface area contributed by atoms with Crippen molar-refractivity contribution < 1.29 is 9.47 Å². The number of halogens is 1. The molecule has 0 aliphatic heterocycles. The smallest absolute Gasteiger partial charge is 0.149 e. The minimum Gasteiger partial charge on any atom is -0.495 e. The Bertz CT molecular complexity index is 611. The number of hydrogen-bond donors (Lipinski definition) is 1. The first-order valence-electron chi connectivity index (χ1n) is 6.80. The van der Waals surface area contributed by atoms with Crippen LogP contribution in [-0.4, -0.2) is 21.3 Å². The Morgan fingerprint density at radius 3 is 2.19 bits per heavy atom. The summed E-state index contributed by atoms with van der Waals surface area (Å²) in [6.45, 7) is 2.12. The molecule has 0 saturated heterocycles. The van der Waals surface area contributed by atoms with Gasteiger partial charge in [0.05, 0.1) is 14.2 Å². The van der Waals surface area contributed by atoms with E-state index in [0.717, 1.165) is 11.1 Å². The zero-order chi connectivity index (χ0) is 15.4. The summed E-state index contributed by atoms with van der Waals surface area (Å²) in [5.74, 6) is 1.24. The third kappa shape index (κ3) is 3.14. The molecule has 1 unspecified atom stereocenters. The molecule has 3 nitrogen and oxygen atoms in total. The first-order chi connectivity index (χ1) is 10.1. The molecule has 0 heterocycles. The summed E-state index contributed by atoms with van der Waals surface area (Å²) in [6, 6.07) is 12.5. The van der Waals surface area contributed by atoms with E-state index in [1.807, 2.05) is 19.2 Å². The first-order valence-corrected chi connectivity index (χ1v) is 7.18. The van der Waals surface area contributed by atoms with Crippen LogP contribution in [0.2, 0.25) is 5.02 Å². The number of benzene rings is 2. The summed E-state index contributed by atoms with van der Waals surface area (Å²) in [5.41, 5.74) is 3.25. The highest BCUT2D eigenvalue weighted by molar-refractivity contribution is 6.34. The second-order valence-electron chi connectivity index (χ2n) is 4.79. The number of hydrogen-bond acceptors (Lipinski definition) is 3. The van der Waals surface area contributed by atoms with E-state index in [9.17, 15) is 0 Å². The molecule has 0 saturated carbocycles. The van der Waals surface area contributed by atoms with E-state index >= 15 is 0 Å². The SMILES string of the molecule is CNC(C)c1ccc(-c2ccc(OC)c(Cl)c2OC)cc1. The zero-order valence-electron chi connectivity index (χ0n) is 12.7. The van der Waals surface area contributed by atoms with Crippen molar-refractivity contribution in [2.45, 2.75) is 13.0 Å². The van der Waals surface area contributed by atoms with Crippen molar-refractivity contribution in [3.05, 3.63) is 47.0 Å². The van der Waals surface area contributed by atoms with Gasteiger partial charge in [-0.15, -0.1) is 0 Å². The van der Waals surface area contributed by atoms with E-state index in [0.29, 0.717) is 22.6 Å². The lowest BCUT2D eigenvalue weighted by Gasteiger charge is -2.15. The van der Waals surface area contributed by atoms with Crippen molar-refractivity contribution >= 4 is 11.6 Å². The molecule has 4 heteroatoms. The highest BCUT2D eigenvalue weighted by Crippen LogP contribution is 2.41. The minimum atomic E-state index is 0.320. The maximum Gasteiger partial charge on any atom is 0.149 e. The molecule has 0 spiro atoms. The fraction of sp³-hybridized carbons (Fsp3) is 0.294. The Labute approximate surface area is 130 Å². The van der Waals surface area contributed by atoms with Gasteiger partial charge in [-0.25, -0.2) is 0 Å². The van der Waals surface area contributed by atoms with Crippen molar-refractivity contribution in [2.75, 3.05) is 21.3 Å². The molecule has 0 aliphatic carbocycles. The molecule has 0 amide bonds. The molecule has 0 bridgehead atoms. The van der Waals surface area contributed by atoms with Crippen LogP contribution in [0.4, 0.5) is 0 Å². The Morgan fingerprint density at radius 2 is 1.67 bits per heavy atom. The second-order valence-corrected chi connectivity index (χ2v) is 5.17. The average molecular weight is 306 g/mol. The molecule has 0 aromatic heterocycles. The van der Waals surface area contributed by atoms with Crippen LogP contribution in [0.3, 0.4) is 0 Å². The Kier molecular flexibility index (Phi) is 5.10. The van der Waals surface area contributed by atoms with Crippen LogP contribution in [0, 0.1) is 0 Å². The number of rotatable bonds is 5. The predicted octanol–water partition coefficient (Wildman–Crippen LogP) is 4.30. The van der Waals surface area contributed by atoms with Crippen LogP contribution in [0.15, 0.2) is 36.4 Å². The average Bonchev–Trinajstić information content (AvgIpc) is 2.54. The standard InChI is InChI=1S/C17H20ClNO2/c1-11(19-2)12-5-7-13(8-6-12)14-9-10-15(20-3)16(18)17(14)21-4/h5-11,19H,1-4H3. The summed E-state index contributed by atoms with van der Waals surface area (Å²) in [6.07, 6.45) is 0. The van der Waals surface area contributed by atoms with Crippen LogP contribution in [0.25, 0.3) is 11.1 Å². The normalized spacial score (nSPS) is 12.0. The van der Waals surface area contributed by atoms with Crippen molar-refractivity contribution in [3.63, 3.8) is 0 Å². The number of methoxy groups -OCH3 is 2. The quantitative estimate of drug-likeness (QED) is 0.893. The van der Waals surface area contributed by atoms with E-state index in [1.165, 1.54) is 5.56 Å². The van der Waals surface area contributed by atoms with Crippen molar-refractivity contribution in [2.24, 2.45) is 0 Å². The number of nitrogens with one attached hydrogen (secondary N) is 1. The molecule has 2 rings (SSSR count). The van der Waals surface area contributed by atoms with E-state index in [1.54, 1.807) is 14.2 Å². The molecule has 2 aromatic carbocycles. The topological polar surface area (TPSA) is 30.5 Å². The maximum atomic E-state index is 6.31. The Balaban J connectivity index is 2.44. The van der Waals surface area contributed by atoms with Gasteiger partial charge >= 0.3 is 0 Å². The van der Waals surface area contributed by atoms with Gasteiger partial charge in [0, 0.05) is 11.6 Å². The summed E-state index contributed by atoms with van der Waals surface area (Å²) in [5, 5.41) is 3.72. The predicted molar refractivity (Wildman–Crippen MR) is 87.5 cm³/mol. The fourth-order valence-electron chi connectivity index (χ4n) is 2.24. The second kappa shape index (κ2) is 6.83. The van der Waals surface area contributed by atoms with E-state index < -0.39 is 0 Å². The maximum absolute atomic E-state index is 6.31. The van der Waals surface area contributed by atoms with Gasteiger partial charge in [-0.2, -0.15) is 0 Å². The third-order valence-corrected chi connectivity index (χ3v) is 4.00. The summed E-state index contributed by atoms with van der Waals surface area (Å²) < 4.78 is 10.7. The van der Waals surface area contributed by atoms with Crippen molar-refractivity contribution in [1.29, 1.82) is 0 Å². The lowest BCUT2D eigenvalue weighted by molar-refractivity contribution is 0.396. The summed E-state index contributed by atoms with van der Waals surface area (Å²) in [4.78, 5) is 0. The summed E-state index contributed by atoms with van der Waals surface area (Å²) in [7, 11) is 5.15. The van der Waals surface area contributed by atoms with Crippen LogP contribution in [0.1, 0.15) is 18.5 Å². The monoisotopic (exact) mass is 305 g/mol. The highest BCUT2D eigenvalue weighted by Gasteiger charge is 2.14. The van der Waals surface area contributed by atoms with Gasteiger partial charge in [0.2, 0.25) is 0 Å². The van der Waals surface area contributed by atoms with E-state index in [4.69, 9.17) is 21.1 Å². The molecule has 1 N–H and O–H groups in total. The molecule has 21 heavy (non-hydrogen) atoms. The number of ether oxygens (including phenoxy) is 2. The van der Waals surface area contributed by atoms with Crippen LogP contribution in [-0.2, 0) is 0 Å². The van der Waals surface area contributed by atoms with Crippen molar-refractivity contribution in [3.8, 4) is 22.6 Å². The first kappa shape index (κ1) is 15.7. The van der Waals surface area contributed by atoms with Crippen LogP contribution in [0.5, 0.6) is 11.5 Å². The van der Waals surface area contributed by atoms with Crippen LogP contribution >= 0.6 is 11.6 Å².